The summed E-state index contributed by atoms with van der Waals surface area (Å²) in [4.78, 5) is 22.7. The van der Waals surface area contributed by atoms with E-state index in [0.29, 0.717) is 19.3 Å². The number of amides is 2. The normalized spacial score (nSPS) is 20.6. The molecule has 6 nitrogen and oxygen atoms in total. The zero-order valence-corrected chi connectivity index (χ0v) is 11.1. The van der Waals surface area contributed by atoms with Crippen molar-refractivity contribution >= 4 is 17.7 Å². The highest BCUT2D eigenvalue weighted by atomic mass is 19.1. The molecule has 110 valence electrons. The molecule has 2 atom stereocenters. The number of nitriles is 1. The smallest absolute Gasteiger partial charge is 0.319 e. The number of carboxylic acid groups (broad SMARTS) is 1. The summed E-state index contributed by atoms with van der Waals surface area (Å²) in [7, 11) is 0. The first-order valence-electron chi connectivity index (χ1n) is 6.49. The number of anilines is 1. The summed E-state index contributed by atoms with van der Waals surface area (Å²) >= 11 is 0. The van der Waals surface area contributed by atoms with Gasteiger partial charge in [0.25, 0.3) is 0 Å². The molecule has 7 heteroatoms. The molecule has 21 heavy (non-hydrogen) atoms. The number of halogens is 1. The van der Waals surface area contributed by atoms with Gasteiger partial charge in [-0.3, -0.25) is 4.79 Å². The highest BCUT2D eigenvalue weighted by Crippen LogP contribution is 2.25. The molecule has 0 aliphatic heterocycles. The predicted molar refractivity (Wildman–Crippen MR) is 72.0 cm³/mol. The Morgan fingerprint density at radius 3 is 2.76 bits per heavy atom. The topological polar surface area (TPSA) is 102 Å². The number of aliphatic carboxylic acids is 1. The average Bonchev–Trinajstić information content (AvgIpc) is 2.89. The number of hydrogen-bond donors (Lipinski definition) is 3. The second-order valence-electron chi connectivity index (χ2n) is 4.95. The third kappa shape index (κ3) is 3.69. The van der Waals surface area contributed by atoms with E-state index >= 15 is 0 Å². The summed E-state index contributed by atoms with van der Waals surface area (Å²) in [5.74, 6) is -1.85. The van der Waals surface area contributed by atoms with Crippen LogP contribution >= 0.6 is 0 Å². The molecule has 2 amide bonds. The zero-order valence-electron chi connectivity index (χ0n) is 11.1. The Kier molecular flexibility index (Phi) is 4.38. The molecule has 1 aromatic carbocycles. The monoisotopic (exact) mass is 291 g/mol. The molecule has 0 spiro atoms. The van der Waals surface area contributed by atoms with E-state index in [1.165, 1.54) is 6.07 Å². The lowest BCUT2D eigenvalue weighted by Gasteiger charge is -2.14. The maximum Gasteiger partial charge on any atom is 0.319 e. The van der Waals surface area contributed by atoms with Crippen LogP contribution in [-0.2, 0) is 4.79 Å². The van der Waals surface area contributed by atoms with E-state index in [2.05, 4.69) is 10.6 Å². The first-order chi connectivity index (χ1) is 9.99. The Balaban J connectivity index is 1.94. The van der Waals surface area contributed by atoms with Crippen LogP contribution in [0.2, 0.25) is 0 Å². The van der Waals surface area contributed by atoms with E-state index in [1.54, 1.807) is 6.07 Å². The summed E-state index contributed by atoms with van der Waals surface area (Å²) in [5, 5.41) is 22.9. The van der Waals surface area contributed by atoms with Gasteiger partial charge in [-0.2, -0.15) is 5.26 Å². The van der Waals surface area contributed by atoms with Crippen molar-refractivity contribution in [1.29, 1.82) is 5.26 Å². The van der Waals surface area contributed by atoms with Crippen LogP contribution in [-0.4, -0.2) is 23.1 Å². The highest BCUT2D eigenvalue weighted by molar-refractivity contribution is 5.91. The van der Waals surface area contributed by atoms with Gasteiger partial charge in [-0.15, -0.1) is 0 Å². The summed E-state index contributed by atoms with van der Waals surface area (Å²) < 4.78 is 13.0. The SMILES string of the molecule is N#Cc1cc(F)ccc1NC(=O)NC1CCC(C(=O)O)C1. The maximum atomic E-state index is 13.0. The summed E-state index contributed by atoms with van der Waals surface area (Å²) in [6, 6.07) is 4.54. The van der Waals surface area contributed by atoms with Crippen molar-refractivity contribution < 1.29 is 19.1 Å². The third-order valence-electron chi connectivity index (χ3n) is 3.47. The van der Waals surface area contributed by atoms with Gasteiger partial charge in [0.05, 0.1) is 17.2 Å². The Hall–Kier alpha value is -2.62. The van der Waals surface area contributed by atoms with Gasteiger partial charge in [-0.05, 0) is 37.5 Å². The molecular formula is C14H14FN3O3. The highest BCUT2D eigenvalue weighted by Gasteiger charge is 2.30. The van der Waals surface area contributed by atoms with E-state index in [9.17, 15) is 14.0 Å². The van der Waals surface area contributed by atoms with Gasteiger partial charge >= 0.3 is 12.0 Å². The molecule has 0 radical (unpaired) electrons. The van der Waals surface area contributed by atoms with Crippen molar-refractivity contribution in [1.82, 2.24) is 5.32 Å². The quantitative estimate of drug-likeness (QED) is 0.793. The van der Waals surface area contributed by atoms with Crippen molar-refractivity contribution in [3.8, 4) is 6.07 Å². The molecule has 1 saturated carbocycles. The average molecular weight is 291 g/mol. The minimum absolute atomic E-state index is 0.0278. The molecular weight excluding hydrogens is 277 g/mol. The summed E-state index contributed by atoms with van der Waals surface area (Å²) in [6.45, 7) is 0. The van der Waals surface area contributed by atoms with E-state index in [4.69, 9.17) is 10.4 Å². The molecule has 1 aromatic rings. The molecule has 0 saturated heterocycles. The molecule has 0 heterocycles. The molecule has 1 aliphatic carbocycles. The number of carbonyl (C=O) groups is 2. The van der Waals surface area contributed by atoms with Crippen LogP contribution < -0.4 is 10.6 Å². The number of urea groups is 1. The van der Waals surface area contributed by atoms with Gasteiger partial charge in [-0.25, -0.2) is 9.18 Å². The van der Waals surface area contributed by atoms with Crippen LogP contribution in [0.25, 0.3) is 0 Å². The maximum absolute atomic E-state index is 13.0. The number of nitrogens with zero attached hydrogens (tertiary/aromatic N) is 1. The molecule has 2 rings (SSSR count). The lowest BCUT2D eigenvalue weighted by atomic mass is 10.1. The Labute approximate surface area is 120 Å². The van der Waals surface area contributed by atoms with Crippen molar-refractivity contribution in [2.75, 3.05) is 5.32 Å². The number of hydrogen-bond acceptors (Lipinski definition) is 3. The first kappa shape index (κ1) is 14.8. The molecule has 0 aromatic heterocycles. The van der Waals surface area contributed by atoms with E-state index < -0.39 is 23.7 Å². The molecule has 2 unspecified atom stereocenters. The number of nitrogens with one attached hydrogen (secondary N) is 2. The molecule has 1 aliphatic rings. The van der Waals surface area contributed by atoms with Gasteiger partial charge in [0, 0.05) is 6.04 Å². The summed E-state index contributed by atoms with van der Waals surface area (Å²) in [5.41, 5.74) is 0.240. The van der Waals surface area contributed by atoms with Crippen LogP contribution in [0, 0.1) is 23.1 Å². The molecule has 3 N–H and O–H groups in total. The predicted octanol–water partition coefficient (Wildman–Crippen LogP) is 2.07. The minimum Gasteiger partial charge on any atom is -0.481 e. The van der Waals surface area contributed by atoms with E-state index in [1.807, 2.05) is 0 Å². The van der Waals surface area contributed by atoms with E-state index in [-0.39, 0.29) is 17.3 Å². The Bertz CT molecular complexity index is 612. The number of benzene rings is 1. The third-order valence-corrected chi connectivity index (χ3v) is 3.47. The fourth-order valence-electron chi connectivity index (χ4n) is 2.40. The van der Waals surface area contributed by atoms with Crippen LogP contribution in [0.5, 0.6) is 0 Å². The van der Waals surface area contributed by atoms with Gasteiger partial charge in [0.2, 0.25) is 0 Å². The van der Waals surface area contributed by atoms with Crippen molar-refractivity contribution in [2.45, 2.75) is 25.3 Å². The second kappa shape index (κ2) is 6.22. The lowest BCUT2D eigenvalue weighted by molar-refractivity contribution is -0.141. The lowest BCUT2D eigenvalue weighted by Crippen LogP contribution is -2.36. The summed E-state index contributed by atoms with van der Waals surface area (Å²) in [6.07, 6.45) is 1.51. The number of carboxylic acids is 1. The van der Waals surface area contributed by atoms with Crippen LogP contribution in [0.3, 0.4) is 0 Å². The largest absolute Gasteiger partial charge is 0.481 e. The standard InChI is InChI=1S/C14H14FN3O3/c15-10-2-4-12(9(5-10)7-16)18-14(21)17-11-3-1-8(6-11)13(19)20/h2,4-5,8,11H,1,3,6H2,(H,19,20)(H2,17,18,21). The van der Waals surface area contributed by atoms with Crippen molar-refractivity contribution in [3.05, 3.63) is 29.6 Å². The Morgan fingerprint density at radius 1 is 1.38 bits per heavy atom. The van der Waals surface area contributed by atoms with Crippen LogP contribution in [0.4, 0.5) is 14.9 Å². The van der Waals surface area contributed by atoms with Gasteiger partial charge < -0.3 is 15.7 Å². The zero-order chi connectivity index (χ0) is 15.4. The van der Waals surface area contributed by atoms with Gasteiger partial charge in [-0.1, -0.05) is 0 Å². The fourth-order valence-corrected chi connectivity index (χ4v) is 2.40. The fraction of sp³-hybridized carbons (Fsp3) is 0.357. The van der Waals surface area contributed by atoms with Crippen molar-refractivity contribution in [2.24, 2.45) is 5.92 Å². The molecule has 0 bridgehead atoms. The Morgan fingerprint density at radius 2 is 2.14 bits per heavy atom. The van der Waals surface area contributed by atoms with Crippen LogP contribution in [0.15, 0.2) is 18.2 Å². The minimum atomic E-state index is -0.856. The first-order valence-corrected chi connectivity index (χ1v) is 6.49. The van der Waals surface area contributed by atoms with Gasteiger partial charge in [0.1, 0.15) is 11.9 Å². The number of rotatable bonds is 3. The second-order valence-corrected chi connectivity index (χ2v) is 4.95. The number of carbonyl (C=O) groups excluding carboxylic acids is 1. The van der Waals surface area contributed by atoms with Crippen LogP contribution in [0.1, 0.15) is 24.8 Å². The van der Waals surface area contributed by atoms with Crippen molar-refractivity contribution in [3.63, 3.8) is 0 Å². The van der Waals surface area contributed by atoms with Gasteiger partial charge in [0.15, 0.2) is 0 Å². The van der Waals surface area contributed by atoms with E-state index in [0.717, 1.165) is 12.1 Å². The molecule has 1 fully saturated rings.